The SMILES string of the molecule is CC(=O)NCCc1c(F)cccc1-c1onc([C@H]2CNCC[C@H]2O)c1Br. The molecule has 1 aliphatic heterocycles. The maximum atomic E-state index is 14.4. The summed E-state index contributed by atoms with van der Waals surface area (Å²) in [5, 5.41) is 20.3. The van der Waals surface area contributed by atoms with Crippen molar-refractivity contribution in [1.82, 2.24) is 15.8 Å². The lowest BCUT2D eigenvalue weighted by molar-refractivity contribution is -0.118. The summed E-state index contributed by atoms with van der Waals surface area (Å²) in [5.41, 5.74) is 1.66. The quantitative estimate of drug-likeness (QED) is 0.684. The fraction of sp³-hybridized carbons (Fsp3) is 0.444. The summed E-state index contributed by atoms with van der Waals surface area (Å²) in [5.74, 6) is -0.288. The third-order valence-electron chi connectivity index (χ3n) is 4.57. The monoisotopic (exact) mass is 425 g/mol. The molecule has 1 aliphatic rings. The van der Waals surface area contributed by atoms with Crippen molar-refractivity contribution in [2.45, 2.75) is 31.8 Å². The summed E-state index contributed by atoms with van der Waals surface area (Å²) in [6.07, 6.45) is 0.469. The van der Waals surface area contributed by atoms with Crippen LogP contribution in [-0.2, 0) is 11.2 Å². The van der Waals surface area contributed by atoms with Crippen molar-refractivity contribution >= 4 is 21.8 Å². The lowest BCUT2D eigenvalue weighted by Gasteiger charge is -2.26. The second-order valence-electron chi connectivity index (χ2n) is 6.38. The van der Waals surface area contributed by atoms with Gasteiger partial charge in [0.1, 0.15) is 11.5 Å². The molecular formula is C18H21BrFN3O3. The van der Waals surface area contributed by atoms with Gasteiger partial charge < -0.3 is 20.3 Å². The van der Waals surface area contributed by atoms with Crippen LogP contribution in [0, 0.1) is 5.82 Å². The van der Waals surface area contributed by atoms with E-state index in [0.717, 1.165) is 6.54 Å². The molecule has 0 unspecified atom stereocenters. The van der Waals surface area contributed by atoms with E-state index < -0.39 is 6.10 Å². The van der Waals surface area contributed by atoms with Gasteiger partial charge in [-0.2, -0.15) is 0 Å². The maximum absolute atomic E-state index is 14.4. The predicted octanol–water partition coefficient (Wildman–Crippen LogP) is 2.36. The van der Waals surface area contributed by atoms with E-state index >= 15 is 0 Å². The summed E-state index contributed by atoms with van der Waals surface area (Å²) in [6, 6.07) is 4.75. The van der Waals surface area contributed by atoms with Crippen molar-refractivity contribution in [3.8, 4) is 11.3 Å². The van der Waals surface area contributed by atoms with E-state index in [2.05, 4.69) is 31.7 Å². The zero-order valence-electron chi connectivity index (χ0n) is 14.4. The van der Waals surface area contributed by atoms with E-state index in [1.54, 1.807) is 12.1 Å². The summed E-state index contributed by atoms with van der Waals surface area (Å²) in [4.78, 5) is 11.1. The number of halogens is 2. The average Bonchev–Trinajstić information content (AvgIpc) is 2.98. The van der Waals surface area contributed by atoms with Gasteiger partial charge in [-0.05, 0) is 41.4 Å². The van der Waals surface area contributed by atoms with Crippen LogP contribution >= 0.6 is 15.9 Å². The van der Waals surface area contributed by atoms with Crippen molar-refractivity contribution < 1.29 is 18.8 Å². The highest BCUT2D eigenvalue weighted by molar-refractivity contribution is 9.10. The number of nitrogens with zero attached hydrogens (tertiary/aromatic N) is 1. The molecule has 1 amide bonds. The number of carbonyl (C=O) groups excluding carboxylic acids is 1. The van der Waals surface area contributed by atoms with Crippen LogP contribution in [0.25, 0.3) is 11.3 Å². The molecule has 0 spiro atoms. The number of aromatic nitrogens is 1. The van der Waals surface area contributed by atoms with E-state index in [0.29, 0.717) is 53.0 Å². The van der Waals surface area contributed by atoms with Crippen LogP contribution in [0.5, 0.6) is 0 Å². The Labute approximate surface area is 159 Å². The molecule has 1 aromatic carbocycles. The first-order valence-electron chi connectivity index (χ1n) is 8.55. The predicted molar refractivity (Wildman–Crippen MR) is 98.2 cm³/mol. The molecule has 1 fully saturated rings. The van der Waals surface area contributed by atoms with Gasteiger partial charge in [-0.25, -0.2) is 4.39 Å². The van der Waals surface area contributed by atoms with Crippen LogP contribution in [0.15, 0.2) is 27.2 Å². The van der Waals surface area contributed by atoms with Gasteiger partial charge in [0.05, 0.1) is 10.6 Å². The second-order valence-corrected chi connectivity index (χ2v) is 7.17. The lowest BCUT2D eigenvalue weighted by atomic mass is 9.92. The number of piperidine rings is 1. The van der Waals surface area contributed by atoms with Crippen LogP contribution in [-0.4, -0.2) is 41.9 Å². The number of rotatable bonds is 5. The molecule has 140 valence electrons. The molecule has 0 aliphatic carbocycles. The Morgan fingerprint density at radius 2 is 2.35 bits per heavy atom. The number of nitrogens with one attached hydrogen (secondary N) is 2. The van der Waals surface area contributed by atoms with Crippen molar-refractivity contribution in [3.05, 3.63) is 39.7 Å². The number of aliphatic hydroxyl groups is 1. The highest BCUT2D eigenvalue weighted by Gasteiger charge is 2.31. The molecule has 6 nitrogen and oxygen atoms in total. The minimum Gasteiger partial charge on any atom is -0.392 e. The third-order valence-corrected chi connectivity index (χ3v) is 5.34. The van der Waals surface area contributed by atoms with Crippen LogP contribution in [0.3, 0.4) is 0 Å². The Kier molecular flexibility index (Phi) is 6.05. The third kappa shape index (κ3) is 3.97. The Hall–Kier alpha value is -1.77. The molecule has 3 rings (SSSR count). The van der Waals surface area contributed by atoms with Gasteiger partial charge in [-0.15, -0.1) is 0 Å². The molecule has 1 aromatic heterocycles. The second kappa shape index (κ2) is 8.28. The molecule has 2 heterocycles. The van der Waals surface area contributed by atoms with Gasteiger partial charge in [0, 0.05) is 37.1 Å². The Morgan fingerprint density at radius 3 is 3.08 bits per heavy atom. The fourth-order valence-electron chi connectivity index (χ4n) is 3.20. The van der Waals surface area contributed by atoms with E-state index in [9.17, 15) is 14.3 Å². The number of benzene rings is 1. The van der Waals surface area contributed by atoms with Crippen molar-refractivity contribution in [2.75, 3.05) is 19.6 Å². The van der Waals surface area contributed by atoms with Crippen LogP contribution in [0.2, 0.25) is 0 Å². The minimum atomic E-state index is -0.503. The van der Waals surface area contributed by atoms with E-state index in [1.807, 2.05) is 0 Å². The van der Waals surface area contributed by atoms with Gasteiger partial charge in [-0.1, -0.05) is 17.3 Å². The minimum absolute atomic E-state index is 0.162. The van der Waals surface area contributed by atoms with Crippen molar-refractivity contribution in [2.24, 2.45) is 0 Å². The molecule has 2 aromatic rings. The molecule has 2 atom stereocenters. The molecule has 26 heavy (non-hydrogen) atoms. The maximum Gasteiger partial charge on any atom is 0.216 e. The number of hydrogen-bond acceptors (Lipinski definition) is 5. The van der Waals surface area contributed by atoms with Crippen molar-refractivity contribution in [3.63, 3.8) is 0 Å². The summed E-state index contributed by atoms with van der Waals surface area (Å²) in [7, 11) is 0. The summed E-state index contributed by atoms with van der Waals surface area (Å²) in [6.45, 7) is 3.11. The zero-order valence-corrected chi connectivity index (χ0v) is 16.0. The molecule has 8 heteroatoms. The smallest absolute Gasteiger partial charge is 0.216 e. The molecular weight excluding hydrogens is 405 g/mol. The van der Waals surface area contributed by atoms with Crippen molar-refractivity contribution in [1.29, 1.82) is 0 Å². The van der Waals surface area contributed by atoms with E-state index in [4.69, 9.17) is 4.52 Å². The normalized spacial score (nSPS) is 20.2. The van der Waals surface area contributed by atoms with Gasteiger partial charge in [0.25, 0.3) is 0 Å². The first kappa shape index (κ1) is 19.0. The summed E-state index contributed by atoms with van der Waals surface area (Å²) >= 11 is 3.51. The average molecular weight is 426 g/mol. The zero-order chi connectivity index (χ0) is 18.7. The van der Waals surface area contributed by atoms with E-state index in [-0.39, 0.29) is 17.6 Å². The standard InChI is InChI=1S/C18H21BrFN3O3/c1-10(24)22-8-5-11-12(3-2-4-14(11)20)18-16(19)17(23-26-18)13-9-21-7-6-15(13)25/h2-4,13,15,21,25H,5-9H2,1H3,(H,22,24)/t13-,15+/m0/s1. The number of aliphatic hydroxyl groups excluding tert-OH is 1. The van der Waals surface area contributed by atoms with Crippen LogP contribution < -0.4 is 10.6 Å². The van der Waals surface area contributed by atoms with Crippen LogP contribution in [0.1, 0.15) is 30.5 Å². The van der Waals surface area contributed by atoms with Gasteiger partial charge >= 0.3 is 0 Å². The summed E-state index contributed by atoms with van der Waals surface area (Å²) < 4.78 is 20.5. The molecule has 0 bridgehead atoms. The van der Waals surface area contributed by atoms with Gasteiger partial charge in [0.2, 0.25) is 5.91 Å². The highest BCUT2D eigenvalue weighted by atomic mass is 79.9. The molecule has 0 saturated carbocycles. The largest absolute Gasteiger partial charge is 0.392 e. The topological polar surface area (TPSA) is 87.4 Å². The van der Waals surface area contributed by atoms with Gasteiger partial charge in [-0.3, -0.25) is 4.79 Å². The first-order chi connectivity index (χ1) is 12.5. The Balaban J connectivity index is 1.92. The highest BCUT2D eigenvalue weighted by Crippen LogP contribution is 2.38. The first-order valence-corrected chi connectivity index (χ1v) is 9.34. The number of carbonyl (C=O) groups is 1. The lowest BCUT2D eigenvalue weighted by Crippen LogP contribution is -2.38. The molecule has 0 radical (unpaired) electrons. The Morgan fingerprint density at radius 1 is 1.54 bits per heavy atom. The fourth-order valence-corrected chi connectivity index (χ4v) is 3.85. The number of hydrogen-bond donors (Lipinski definition) is 3. The van der Waals surface area contributed by atoms with Gasteiger partial charge in [0.15, 0.2) is 5.76 Å². The Bertz CT molecular complexity index is 796. The van der Waals surface area contributed by atoms with Crippen LogP contribution in [0.4, 0.5) is 4.39 Å². The molecule has 3 N–H and O–H groups in total. The number of amides is 1. The molecule has 1 saturated heterocycles. The van der Waals surface area contributed by atoms with E-state index in [1.165, 1.54) is 13.0 Å².